The van der Waals surface area contributed by atoms with Crippen molar-refractivity contribution in [3.63, 3.8) is 0 Å². The third-order valence-electron chi connectivity index (χ3n) is 3.89. The van der Waals surface area contributed by atoms with Crippen LogP contribution in [0.1, 0.15) is 34.5 Å². The van der Waals surface area contributed by atoms with Gasteiger partial charge < -0.3 is 5.32 Å². The molecule has 2 aromatic rings. The molecular formula is C15H15N3OS. The van der Waals surface area contributed by atoms with Gasteiger partial charge in [0.15, 0.2) is 0 Å². The molecule has 0 bridgehead atoms. The minimum absolute atomic E-state index is 0.120. The summed E-state index contributed by atoms with van der Waals surface area (Å²) in [5, 5.41) is 4.20. The van der Waals surface area contributed by atoms with Crippen LogP contribution < -0.4 is 5.32 Å². The summed E-state index contributed by atoms with van der Waals surface area (Å²) in [6, 6.07) is 2.11. The fraction of sp³-hybridized carbons (Fsp3) is 0.400. The molecule has 4 rings (SSSR count). The number of hydrogen-bond acceptors (Lipinski definition) is 4. The van der Waals surface area contributed by atoms with Crippen LogP contribution in [-0.4, -0.2) is 16.7 Å². The van der Waals surface area contributed by atoms with Gasteiger partial charge in [0.2, 0.25) is 5.91 Å². The van der Waals surface area contributed by atoms with E-state index < -0.39 is 0 Å². The number of amides is 1. The van der Waals surface area contributed by atoms with Gasteiger partial charge in [-0.25, -0.2) is 4.98 Å². The topological polar surface area (TPSA) is 54.4 Å². The van der Waals surface area contributed by atoms with Gasteiger partial charge in [-0.3, -0.25) is 9.79 Å². The Labute approximate surface area is 120 Å². The van der Waals surface area contributed by atoms with Crippen molar-refractivity contribution in [1.29, 1.82) is 0 Å². The van der Waals surface area contributed by atoms with E-state index in [2.05, 4.69) is 28.3 Å². The zero-order valence-electron chi connectivity index (χ0n) is 11.5. The predicted octanol–water partition coefficient (Wildman–Crippen LogP) is 2.70. The Balaban J connectivity index is 1.76. The number of carbonyl (C=O) groups is 1. The van der Waals surface area contributed by atoms with E-state index in [1.807, 2.05) is 6.92 Å². The number of pyridine rings is 1. The summed E-state index contributed by atoms with van der Waals surface area (Å²) >= 11 is 1.64. The van der Waals surface area contributed by atoms with E-state index in [0.717, 1.165) is 34.1 Å². The standard InChI is InChI=1S/C15H15N3OS/c1-7-5-8(2)17-15-11(7)10-6-16-13(12(10)20-15)18-14(19)9-3-4-9/h5,9H,3-4,6H2,1-2H3,(H,16,18,19). The highest BCUT2D eigenvalue weighted by molar-refractivity contribution is 7.20. The highest BCUT2D eigenvalue weighted by Crippen LogP contribution is 2.37. The molecule has 1 saturated carbocycles. The quantitative estimate of drug-likeness (QED) is 0.876. The molecule has 3 heterocycles. The van der Waals surface area contributed by atoms with E-state index in [4.69, 9.17) is 0 Å². The minimum Gasteiger partial charge on any atom is -0.310 e. The summed E-state index contributed by atoms with van der Waals surface area (Å²) in [4.78, 5) is 23.2. The molecule has 0 unspecified atom stereocenters. The summed E-state index contributed by atoms with van der Waals surface area (Å²) < 4.78 is 0. The number of rotatable bonds is 1. The SMILES string of the molecule is Cc1cc(C)c2c3c(sc2n1)C(NC(=O)C1CC1)=NC3. The van der Waals surface area contributed by atoms with E-state index in [-0.39, 0.29) is 11.8 Å². The van der Waals surface area contributed by atoms with Crippen LogP contribution >= 0.6 is 11.3 Å². The molecule has 2 aromatic heterocycles. The second-order valence-electron chi connectivity index (χ2n) is 5.60. The van der Waals surface area contributed by atoms with Crippen LogP contribution in [0.4, 0.5) is 0 Å². The van der Waals surface area contributed by atoms with Gasteiger partial charge in [-0.2, -0.15) is 0 Å². The summed E-state index contributed by atoms with van der Waals surface area (Å²) in [6.07, 6.45) is 2.02. The molecule has 1 aliphatic carbocycles. The van der Waals surface area contributed by atoms with E-state index in [1.165, 1.54) is 16.5 Å². The first-order valence-corrected chi connectivity index (χ1v) is 7.70. The Morgan fingerprint density at radius 3 is 2.95 bits per heavy atom. The van der Waals surface area contributed by atoms with E-state index in [9.17, 15) is 4.79 Å². The molecule has 0 aromatic carbocycles. The monoisotopic (exact) mass is 285 g/mol. The molecule has 1 aliphatic heterocycles. The average molecular weight is 285 g/mol. The Morgan fingerprint density at radius 2 is 2.20 bits per heavy atom. The molecule has 4 nitrogen and oxygen atoms in total. The van der Waals surface area contributed by atoms with Gasteiger partial charge in [-0.15, -0.1) is 11.3 Å². The molecule has 102 valence electrons. The maximum atomic E-state index is 11.9. The van der Waals surface area contributed by atoms with Crippen LogP contribution in [0.5, 0.6) is 0 Å². The molecule has 0 atom stereocenters. The Hall–Kier alpha value is -1.75. The summed E-state index contributed by atoms with van der Waals surface area (Å²) in [7, 11) is 0. The number of carbonyl (C=O) groups excluding carboxylic acids is 1. The smallest absolute Gasteiger partial charge is 0.228 e. The maximum Gasteiger partial charge on any atom is 0.228 e. The largest absolute Gasteiger partial charge is 0.310 e. The second kappa shape index (κ2) is 4.12. The molecule has 1 N–H and O–H groups in total. The molecular weight excluding hydrogens is 270 g/mol. The van der Waals surface area contributed by atoms with Crippen molar-refractivity contribution in [2.24, 2.45) is 10.9 Å². The average Bonchev–Trinajstić information content (AvgIpc) is 3.08. The van der Waals surface area contributed by atoms with Crippen molar-refractivity contribution in [3.8, 4) is 0 Å². The molecule has 20 heavy (non-hydrogen) atoms. The van der Waals surface area contributed by atoms with Crippen LogP contribution in [-0.2, 0) is 11.3 Å². The zero-order chi connectivity index (χ0) is 13.9. The normalized spacial score (nSPS) is 17.2. The summed E-state index contributed by atoms with van der Waals surface area (Å²) in [6.45, 7) is 4.78. The fourth-order valence-corrected chi connectivity index (χ4v) is 4.02. The van der Waals surface area contributed by atoms with E-state index >= 15 is 0 Å². The van der Waals surface area contributed by atoms with Crippen LogP contribution in [0.25, 0.3) is 10.2 Å². The van der Waals surface area contributed by atoms with Gasteiger partial charge >= 0.3 is 0 Å². The van der Waals surface area contributed by atoms with Crippen LogP contribution in [0.2, 0.25) is 0 Å². The number of nitrogens with zero attached hydrogens (tertiary/aromatic N) is 2. The number of thiophene rings is 1. The predicted molar refractivity (Wildman–Crippen MR) is 80.2 cm³/mol. The number of hydrogen-bond donors (Lipinski definition) is 1. The van der Waals surface area contributed by atoms with Gasteiger partial charge in [-0.05, 0) is 38.3 Å². The van der Waals surface area contributed by atoms with Crippen LogP contribution in [0.3, 0.4) is 0 Å². The first-order chi connectivity index (χ1) is 9.63. The van der Waals surface area contributed by atoms with Gasteiger partial charge in [0.05, 0.1) is 11.4 Å². The molecule has 0 spiro atoms. The van der Waals surface area contributed by atoms with Gasteiger partial charge in [0.25, 0.3) is 0 Å². The number of aromatic nitrogens is 1. The van der Waals surface area contributed by atoms with Crippen molar-refractivity contribution in [3.05, 3.63) is 27.8 Å². The van der Waals surface area contributed by atoms with Crippen molar-refractivity contribution in [1.82, 2.24) is 10.3 Å². The van der Waals surface area contributed by atoms with Crippen molar-refractivity contribution in [2.75, 3.05) is 0 Å². The highest BCUT2D eigenvalue weighted by Gasteiger charge is 2.32. The van der Waals surface area contributed by atoms with Gasteiger partial charge in [0.1, 0.15) is 10.7 Å². The van der Waals surface area contributed by atoms with Crippen molar-refractivity contribution < 1.29 is 4.79 Å². The van der Waals surface area contributed by atoms with Crippen molar-refractivity contribution in [2.45, 2.75) is 33.2 Å². The third-order valence-corrected chi connectivity index (χ3v) is 5.02. The Bertz CT molecular complexity index is 771. The number of nitrogens with one attached hydrogen (secondary N) is 1. The summed E-state index contributed by atoms with van der Waals surface area (Å²) in [5.41, 5.74) is 3.51. The molecule has 0 radical (unpaired) electrons. The molecule has 5 heteroatoms. The summed E-state index contributed by atoms with van der Waals surface area (Å²) in [5.74, 6) is 1.07. The number of amidine groups is 1. The first-order valence-electron chi connectivity index (χ1n) is 6.89. The first kappa shape index (κ1) is 12.0. The lowest BCUT2D eigenvalue weighted by atomic mass is 10.1. The Morgan fingerprint density at radius 1 is 1.40 bits per heavy atom. The molecule has 2 aliphatic rings. The van der Waals surface area contributed by atoms with E-state index in [1.54, 1.807) is 11.3 Å². The second-order valence-corrected chi connectivity index (χ2v) is 6.60. The molecule has 1 fully saturated rings. The number of aliphatic imine (C=N–C) groups is 1. The van der Waals surface area contributed by atoms with Crippen molar-refractivity contribution >= 4 is 33.3 Å². The zero-order valence-corrected chi connectivity index (χ0v) is 12.3. The number of fused-ring (bicyclic) bond motifs is 3. The lowest BCUT2D eigenvalue weighted by Gasteiger charge is -2.02. The lowest BCUT2D eigenvalue weighted by molar-refractivity contribution is -0.120. The van der Waals surface area contributed by atoms with Gasteiger partial charge in [0, 0.05) is 22.6 Å². The maximum absolute atomic E-state index is 11.9. The molecule has 0 saturated heterocycles. The lowest BCUT2D eigenvalue weighted by Crippen LogP contribution is -2.30. The van der Waals surface area contributed by atoms with Crippen LogP contribution in [0.15, 0.2) is 11.1 Å². The number of aryl methyl sites for hydroxylation is 2. The Kier molecular flexibility index (Phi) is 2.48. The van der Waals surface area contributed by atoms with E-state index in [0.29, 0.717) is 6.54 Å². The molecule has 1 amide bonds. The highest BCUT2D eigenvalue weighted by atomic mass is 32.1. The van der Waals surface area contributed by atoms with Crippen LogP contribution in [0, 0.1) is 19.8 Å². The fourth-order valence-electron chi connectivity index (χ4n) is 2.75. The van der Waals surface area contributed by atoms with Gasteiger partial charge in [-0.1, -0.05) is 0 Å². The minimum atomic E-state index is 0.120. The third kappa shape index (κ3) is 1.77.